The monoisotopic (exact) mass is 311 g/mol. The van der Waals surface area contributed by atoms with E-state index >= 15 is 0 Å². The van der Waals surface area contributed by atoms with Crippen molar-refractivity contribution in [3.63, 3.8) is 0 Å². The van der Waals surface area contributed by atoms with Crippen molar-refractivity contribution in [1.29, 1.82) is 0 Å². The van der Waals surface area contributed by atoms with Crippen LogP contribution in [0.2, 0.25) is 0 Å². The fourth-order valence-corrected chi connectivity index (χ4v) is 2.36. The molecule has 0 spiro atoms. The summed E-state index contributed by atoms with van der Waals surface area (Å²) >= 11 is 0. The Bertz CT molecular complexity index is 744. The molecule has 3 rings (SSSR count). The van der Waals surface area contributed by atoms with Gasteiger partial charge in [0.2, 0.25) is 0 Å². The Morgan fingerprint density at radius 3 is 2.65 bits per heavy atom. The molecule has 0 fully saturated rings. The second-order valence-corrected chi connectivity index (χ2v) is 5.52. The molecule has 0 aliphatic heterocycles. The van der Waals surface area contributed by atoms with Crippen molar-refractivity contribution in [2.45, 2.75) is 26.3 Å². The lowest BCUT2D eigenvalue weighted by Crippen LogP contribution is -2.16. The summed E-state index contributed by atoms with van der Waals surface area (Å²) in [5, 5.41) is 11.5. The van der Waals surface area contributed by atoms with E-state index in [4.69, 9.17) is 4.52 Å². The molecule has 2 aromatic heterocycles. The summed E-state index contributed by atoms with van der Waals surface area (Å²) in [6, 6.07) is 8.28. The van der Waals surface area contributed by atoms with Gasteiger partial charge in [0.1, 0.15) is 0 Å². The average molecular weight is 311 g/mol. The molecular weight excluding hydrogens is 290 g/mol. The maximum Gasteiger partial charge on any atom is 0.257 e. The molecule has 0 atom stereocenters. The lowest BCUT2D eigenvalue weighted by molar-refractivity contribution is 0.423. The average Bonchev–Trinajstić information content (AvgIpc) is 3.21. The maximum atomic E-state index is 5.25. The number of rotatable bonds is 7. The molecule has 120 valence electrons. The predicted molar refractivity (Wildman–Crippen MR) is 87.7 cm³/mol. The molecule has 1 N–H and O–H groups in total. The molecule has 0 unspecified atom stereocenters. The zero-order valence-corrected chi connectivity index (χ0v) is 13.5. The van der Waals surface area contributed by atoms with Crippen molar-refractivity contribution in [2.24, 2.45) is 7.05 Å². The molecule has 0 aliphatic carbocycles. The summed E-state index contributed by atoms with van der Waals surface area (Å²) in [5.74, 6) is 1.33. The van der Waals surface area contributed by atoms with Crippen LogP contribution < -0.4 is 5.32 Å². The van der Waals surface area contributed by atoms with Crippen molar-refractivity contribution in [3.8, 4) is 11.5 Å². The van der Waals surface area contributed by atoms with Crippen molar-refractivity contribution in [3.05, 3.63) is 53.6 Å². The highest BCUT2D eigenvalue weighted by Crippen LogP contribution is 2.18. The fraction of sp³-hybridized carbons (Fsp3) is 0.353. The molecule has 0 radical (unpaired) electrons. The zero-order chi connectivity index (χ0) is 16.1. The van der Waals surface area contributed by atoms with Crippen LogP contribution in [0.3, 0.4) is 0 Å². The molecule has 0 bridgehead atoms. The summed E-state index contributed by atoms with van der Waals surface area (Å²) in [4.78, 5) is 4.34. The first-order valence-corrected chi connectivity index (χ1v) is 7.84. The van der Waals surface area contributed by atoms with Gasteiger partial charge in [0.05, 0.1) is 6.20 Å². The number of benzene rings is 1. The van der Waals surface area contributed by atoms with Crippen LogP contribution in [-0.2, 0) is 26.4 Å². The number of aryl methyl sites for hydroxylation is 2. The lowest BCUT2D eigenvalue weighted by Gasteiger charge is -2.04. The molecule has 0 amide bonds. The van der Waals surface area contributed by atoms with Gasteiger partial charge in [-0.3, -0.25) is 4.68 Å². The highest BCUT2D eigenvalue weighted by molar-refractivity contribution is 5.53. The lowest BCUT2D eigenvalue weighted by atomic mass is 10.1. The Kier molecular flexibility index (Phi) is 4.83. The van der Waals surface area contributed by atoms with Crippen LogP contribution in [0.5, 0.6) is 0 Å². The molecule has 6 heteroatoms. The Balaban J connectivity index is 1.49. The number of nitrogens with zero attached hydrogens (tertiary/aromatic N) is 4. The molecule has 6 nitrogen and oxygen atoms in total. The summed E-state index contributed by atoms with van der Waals surface area (Å²) in [5.41, 5.74) is 3.44. The minimum atomic E-state index is 0.586. The van der Waals surface area contributed by atoms with Crippen LogP contribution in [-0.4, -0.2) is 26.5 Å². The molecule has 1 aromatic carbocycles. The van der Waals surface area contributed by atoms with E-state index in [1.54, 1.807) is 0 Å². The highest BCUT2D eigenvalue weighted by Gasteiger charge is 2.07. The van der Waals surface area contributed by atoms with Crippen molar-refractivity contribution >= 4 is 0 Å². The van der Waals surface area contributed by atoms with Crippen LogP contribution in [0, 0.1) is 0 Å². The third kappa shape index (κ3) is 4.04. The van der Waals surface area contributed by atoms with E-state index in [0.717, 1.165) is 37.3 Å². The minimum absolute atomic E-state index is 0.586. The van der Waals surface area contributed by atoms with Gasteiger partial charge in [-0.1, -0.05) is 24.2 Å². The first-order chi connectivity index (χ1) is 11.2. The summed E-state index contributed by atoms with van der Waals surface area (Å²) in [6.07, 6.45) is 5.67. The molecule has 0 saturated carbocycles. The highest BCUT2D eigenvalue weighted by atomic mass is 16.5. The van der Waals surface area contributed by atoms with E-state index < -0.39 is 0 Å². The standard InChI is InChI=1S/C17H21N5O/c1-3-16-20-17(23-21-16)15-6-4-13(5-7-15)8-9-18-10-14-11-19-22(2)12-14/h4-7,11-12,18H,3,8-10H2,1-2H3. The summed E-state index contributed by atoms with van der Waals surface area (Å²) < 4.78 is 7.07. The van der Waals surface area contributed by atoms with Crippen molar-refractivity contribution < 1.29 is 4.52 Å². The van der Waals surface area contributed by atoms with Crippen LogP contribution in [0.4, 0.5) is 0 Å². The normalized spacial score (nSPS) is 11.0. The maximum absolute atomic E-state index is 5.25. The third-order valence-electron chi connectivity index (χ3n) is 3.66. The first-order valence-electron chi connectivity index (χ1n) is 7.84. The van der Waals surface area contributed by atoms with E-state index in [0.29, 0.717) is 5.89 Å². The van der Waals surface area contributed by atoms with Gasteiger partial charge < -0.3 is 9.84 Å². The molecule has 0 saturated heterocycles. The van der Waals surface area contributed by atoms with E-state index in [2.05, 4.69) is 32.7 Å². The SMILES string of the molecule is CCc1noc(-c2ccc(CCNCc3cnn(C)c3)cc2)n1. The second kappa shape index (κ2) is 7.19. The summed E-state index contributed by atoms with van der Waals surface area (Å²) in [7, 11) is 1.93. The van der Waals surface area contributed by atoms with Gasteiger partial charge in [0.15, 0.2) is 5.82 Å². The van der Waals surface area contributed by atoms with Crippen LogP contribution in [0.15, 0.2) is 41.2 Å². The Labute approximate surface area is 135 Å². The van der Waals surface area contributed by atoms with Crippen LogP contribution >= 0.6 is 0 Å². The van der Waals surface area contributed by atoms with Gasteiger partial charge in [0, 0.05) is 37.3 Å². The Hall–Kier alpha value is -2.47. The van der Waals surface area contributed by atoms with E-state index in [1.807, 2.05) is 43.2 Å². The first kappa shape index (κ1) is 15.4. The van der Waals surface area contributed by atoms with Gasteiger partial charge in [-0.2, -0.15) is 10.1 Å². The molecule has 0 aliphatic rings. The van der Waals surface area contributed by atoms with E-state index in [9.17, 15) is 0 Å². The molecule has 2 heterocycles. The number of aromatic nitrogens is 4. The Morgan fingerprint density at radius 1 is 1.17 bits per heavy atom. The molecule has 3 aromatic rings. The van der Waals surface area contributed by atoms with Gasteiger partial charge in [0.25, 0.3) is 5.89 Å². The van der Waals surface area contributed by atoms with Gasteiger partial charge in [-0.25, -0.2) is 0 Å². The van der Waals surface area contributed by atoms with E-state index in [-0.39, 0.29) is 0 Å². The smallest absolute Gasteiger partial charge is 0.257 e. The predicted octanol–water partition coefficient (Wildman–Crippen LogP) is 2.36. The van der Waals surface area contributed by atoms with Gasteiger partial charge in [-0.15, -0.1) is 0 Å². The third-order valence-corrected chi connectivity index (χ3v) is 3.66. The Morgan fingerprint density at radius 2 is 2.00 bits per heavy atom. The van der Waals surface area contributed by atoms with Crippen LogP contribution in [0.25, 0.3) is 11.5 Å². The topological polar surface area (TPSA) is 68.8 Å². The number of hydrogen-bond donors (Lipinski definition) is 1. The molecule has 23 heavy (non-hydrogen) atoms. The van der Waals surface area contributed by atoms with Gasteiger partial charge >= 0.3 is 0 Å². The van der Waals surface area contributed by atoms with Crippen molar-refractivity contribution in [2.75, 3.05) is 6.54 Å². The minimum Gasteiger partial charge on any atom is -0.334 e. The zero-order valence-electron chi connectivity index (χ0n) is 13.5. The molecular formula is C17H21N5O. The van der Waals surface area contributed by atoms with Gasteiger partial charge in [-0.05, 0) is 30.7 Å². The quantitative estimate of drug-likeness (QED) is 0.678. The summed E-state index contributed by atoms with van der Waals surface area (Å²) in [6.45, 7) is 3.78. The van der Waals surface area contributed by atoms with Crippen molar-refractivity contribution in [1.82, 2.24) is 25.2 Å². The number of hydrogen-bond acceptors (Lipinski definition) is 5. The largest absolute Gasteiger partial charge is 0.334 e. The van der Waals surface area contributed by atoms with Crippen LogP contribution in [0.1, 0.15) is 23.9 Å². The fourth-order valence-electron chi connectivity index (χ4n) is 2.36. The number of nitrogens with one attached hydrogen (secondary N) is 1. The second-order valence-electron chi connectivity index (χ2n) is 5.52. The van der Waals surface area contributed by atoms with E-state index in [1.165, 1.54) is 11.1 Å².